The first-order valence-electron chi connectivity index (χ1n) is 7.55. The summed E-state index contributed by atoms with van der Waals surface area (Å²) in [6.45, 7) is 11.4. The third kappa shape index (κ3) is 2.61. The third-order valence-electron chi connectivity index (χ3n) is 5.25. The third-order valence-corrected chi connectivity index (χ3v) is 6.95. The van der Waals surface area contributed by atoms with E-state index < -0.39 is 14.2 Å². The fourth-order valence-electron chi connectivity index (χ4n) is 3.85. The Morgan fingerprint density at radius 3 is 2.42 bits per heavy atom. The van der Waals surface area contributed by atoms with Gasteiger partial charge in [0.25, 0.3) is 0 Å². The molecule has 110 valence electrons. The van der Waals surface area contributed by atoms with Crippen molar-refractivity contribution >= 4 is 14.0 Å². The summed E-state index contributed by atoms with van der Waals surface area (Å²) in [6.07, 6.45) is 1.87. The maximum atomic E-state index is 12.2. The van der Waals surface area contributed by atoms with E-state index in [2.05, 4.69) is 26.6 Å². The molecule has 0 aromatic carbocycles. The Labute approximate surface area is 117 Å². The molecule has 0 aromatic heterocycles. The first-order valence-corrected chi connectivity index (χ1v) is 11.3. The van der Waals surface area contributed by atoms with Crippen molar-refractivity contribution in [1.29, 1.82) is 0 Å². The fraction of sp³-hybridized carbons (Fsp3) is 0.933. The minimum absolute atomic E-state index is 0.0436. The van der Waals surface area contributed by atoms with Crippen LogP contribution in [0.15, 0.2) is 0 Å². The van der Waals surface area contributed by atoms with Gasteiger partial charge < -0.3 is 9.84 Å². The van der Waals surface area contributed by atoms with E-state index in [4.69, 9.17) is 4.74 Å². The lowest BCUT2D eigenvalue weighted by atomic mass is 9.68. The summed E-state index contributed by atoms with van der Waals surface area (Å²) in [5.41, 5.74) is 0.0738. The van der Waals surface area contributed by atoms with Crippen LogP contribution in [0.1, 0.15) is 26.7 Å². The predicted molar refractivity (Wildman–Crippen MR) is 78.6 cm³/mol. The van der Waals surface area contributed by atoms with Gasteiger partial charge in [0.2, 0.25) is 0 Å². The van der Waals surface area contributed by atoms with Crippen LogP contribution in [0.2, 0.25) is 25.7 Å². The second kappa shape index (κ2) is 4.88. The van der Waals surface area contributed by atoms with Crippen LogP contribution in [0.5, 0.6) is 0 Å². The van der Waals surface area contributed by atoms with Crippen molar-refractivity contribution in [3.8, 4) is 0 Å². The maximum Gasteiger partial charge on any atom is 0.309 e. The number of aliphatic hydroxyl groups is 1. The summed E-state index contributed by atoms with van der Waals surface area (Å²) in [5, 5.41) is 9.88. The fourth-order valence-corrected chi connectivity index (χ4v) is 4.57. The van der Waals surface area contributed by atoms with E-state index in [9.17, 15) is 9.90 Å². The highest BCUT2D eigenvalue weighted by Crippen LogP contribution is 2.74. The zero-order chi connectivity index (χ0) is 14.4. The second-order valence-corrected chi connectivity index (χ2v) is 13.4. The van der Waals surface area contributed by atoms with Gasteiger partial charge in [-0.3, -0.25) is 4.79 Å². The number of hydrogen-bond acceptors (Lipinski definition) is 3. The first-order chi connectivity index (χ1) is 8.70. The van der Waals surface area contributed by atoms with Crippen molar-refractivity contribution in [2.24, 2.45) is 23.2 Å². The lowest BCUT2D eigenvalue weighted by Crippen LogP contribution is -2.31. The van der Waals surface area contributed by atoms with E-state index in [1.54, 1.807) is 0 Å². The topological polar surface area (TPSA) is 46.5 Å². The molecule has 2 rings (SSSR count). The number of esters is 1. The molecule has 0 heterocycles. The summed E-state index contributed by atoms with van der Waals surface area (Å²) >= 11 is 0. The van der Waals surface area contributed by atoms with E-state index in [1.165, 1.54) is 6.42 Å². The molecular weight excluding hydrogens is 256 g/mol. The standard InChI is InChI=1S/C15H28O3Si/c1-10-6-7-15(10)12(11(2)16)13(15)14(17)18-8-9-19(3,4)5/h10-13,16H,6-9H2,1-5H3. The van der Waals surface area contributed by atoms with Crippen LogP contribution < -0.4 is 0 Å². The molecule has 0 aromatic rings. The van der Waals surface area contributed by atoms with Crippen molar-refractivity contribution in [2.75, 3.05) is 6.61 Å². The number of ether oxygens (including phenoxy) is 1. The molecule has 0 bridgehead atoms. The maximum absolute atomic E-state index is 12.2. The molecule has 4 heteroatoms. The molecule has 5 atom stereocenters. The van der Waals surface area contributed by atoms with Gasteiger partial charge in [0.05, 0.1) is 18.6 Å². The van der Waals surface area contributed by atoms with Crippen molar-refractivity contribution in [3.05, 3.63) is 0 Å². The van der Waals surface area contributed by atoms with Gasteiger partial charge in [-0.1, -0.05) is 26.6 Å². The van der Waals surface area contributed by atoms with Gasteiger partial charge >= 0.3 is 5.97 Å². The van der Waals surface area contributed by atoms with Crippen LogP contribution in [0.3, 0.4) is 0 Å². The lowest BCUT2D eigenvalue weighted by molar-refractivity contribution is -0.147. The molecule has 0 saturated heterocycles. The van der Waals surface area contributed by atoms with E-state index in [1.807, 2.05) is 6.92 Å². The van der Waals surface area contributed by atoms with Gasteiger partial charge in [0.15, 0.2) is 0 Å². The van der Waals surface area contributed by atoms with Crippen LogP contribution in [-0.2, 0) is 9.53 Å². The summed E-state index contributed by atoms with van der Waals surface area (Å²) < 4.78 is 5.49. The zero-order valence-electron chi connectivity index (χ0n) is 12.9. The van der Waals surface area contributed by atoms with Gasteiger partial charge in [0.1, 0.15) is 0 Å². The van der Waals surface area contributed by atoms with Gasteiger partial charge in [-0.2, -0.15) is 0 Å². The Morgan fingerprint density at radius 2 is 2.11 bits per heavy atom. The second-order valence-electron chi connectivity index (χ2n) is 7.77. The summed E-state index contributed by atoms with van der Waals surface area (Å²) in [7, 11) is -1.15. The Hall–Kier alpha value is -0.353. The van der Waals surface area contributed by atoms with E-state index in [0.717, 1.165) is 12.5 Å². The number of aliphatic hydroxyl groups excluding tert-OH is 1. The molecule has 5 unspecified atom stereocenters. The molecule has 0 aliphatic heterocycles. The van der Waals surface area contributed by atoms with Gasteiger partial charge in [-0.05, 0) is 37.1 Å². The van der Waals surface area contributed by atoms with Gasteiger partial charge in [-0.25, -0.2) is 0 Å². The largest absolute Gasteiger partial charge is 0.466 e. The number of carbonyl (C=O) groups is 1. The summed E-state index contributed by atoms with van der Waals surface area (Å²) in [5.74, 6) is 0.589. The van der Waals surface area contributed by atoms with Crippen molar-refractivity contribution in [3.63, 3.8) is 0 Å². The summed E-state index contributed by atoms with van der Waals surface area (Å²) in [4.78, 5) is 12.2. The molecule has 0 amide bonds. The Bertz CT molecular complexity index is 361. The molecular formula is C15H28O3Si. The highest BCUT2D eigenvalue weighted by atomic mass is 28.3. The molecule has 2 aliphatic rings. The monoisotopic (exact) mass is 284 g/mol. The molecule has 3 nitrogen and oxygen atoms in total. The molecule has 2 saturated carbocycles. The molecule has 19 heavy (non-hydrogen) atoms. The molecule has 2 aliphatic carbocycles. The quantitative estimate of drug-likeness (QED) is 0.624. The number of hydrogen-bond donors (Lipinski definition) is 1. The smallest absolute Gasteiger partial charge is 0.309 e. The average Bonchev–Trinajstić information content (AvgIpc) is 2.98. The predicted octanol–water partition coefficient (Wildman–Crippen LogP) is 2.91. The SMILES string of the molecule is CC(O)C1C(C(=O)OCC[Si](C)(C)C)C12CCC2C. The van der Waals surface area contributed by atoms with Crippen LogP contribution in [-0.4, -0.2) is 31.9 Å². The highest BCUT2D eigenvalue weighted by Gasteiger charge is 2.75. The van der Waals surface area contributed by atoms with E-state index in [-0.39, 0.29) is 23.2 Å². The molecule has 2 fully saturated rings. The number of rotatable bonds is 5. The Balaban J connectivity index is 1.89. The molecule has 1 N–H and O–H groups in total. The highest BCUT2D eigenvalue weighted by molar-refractivity contribution is 6.76. The van der Waals surface area contributed by atoms with E-state index in [0.29, 0.717) is 12.5 Å². The normalized spacial score (nSPS) is 38.7. The zero-order valence-corrected chi connectivity index (χ0v) is 13.9. The van der Waals surface area contributed by atoms with Crippen molar-refractivity contribution in [2.45, 2.75) is 58.5 Å². The summed E-state index contributed by atoms with van der Waals surface area (Å²) in [6, 6.07) is 1.02. The Kier molecular flexibility index (Phi) is 3.87. The van der Waals surface area contributed by atoms with Crippen molar-refractivity contribution in [1.82, 2.24) is 0 Å². The average molecular weight is 284 g/mol. The van der Waals surface area contributed by atoms with Gasteiger partial charge in [-0.15, -0.1) is 0 Å². The van der Waals surface area contributed by atoms with E-state index >= 15 is 0 Å². The van der Waals surface area contributed by atoms with Gasteiger partial charge in [0, 0.05) is 14.0 Å². The van der Waals surface area contributed by atoms with Crippen molar-refractivity contribution < 1.29 is 14.6 Å². The Morgan fingerprint density at radius 1 is 1.47 bits per heavy atom. The minimum atomic E-state index is -1.15. The molecule has 0 radical (unpaired) electrons. The van der Waals surface area contributed by atoms with Crippen LogP contribution in [0, 0.1) is 23.2 Å². The van der Waals surface area contributed by atoms with Crippen LogP contribution in [0.25, 0.3) is 0 Å². The van der Waals surface area contributed by atoms with Crippen LogP contribution in [0.4, 0.5) is 0 Å². The number of carbonyl (C=O) groups excluding carboxylic acids is 1. The first kappa shape index (κ1) is 15.0. The van der Waals surface area contributed by atoms with Crippen LogP contribution >= 0.6 is 0 Å². The molecule has 1 spiro atoms. The minimum Gasteiger partial charge on any atom is -0.466 e. The lowest BCUT2D eigenvalue weighted by Gasteiger charge is -2.36.